The average molecular weight is 489 g/mol. The number of aromatic amines is 1. The van der Waals surface area contributed by atoms with Crippen LogP contribution < -0.4 is 0 Å². The summed E-state index contributed by atoms with van der Waals surface area (Å²) in [7, 11) is 1.86. The van der Waals surface area contributed by atoms with E-state index in [0.717, 1.165) is 56.3 Å². The number of imidazole rings is 1. The van der Waals surface area contributed by atoms with Crippen molar-refractivity contribution >= 4 is 16.8 Å². The van der Waals surface area contributed by atoms with Gasteiger partial charge in [0, 0.05) is 55.4 Å². The van der Waals surface area contributed by atoms with Crippen LogP contribution >= 0.6 is 0 Å². The summed E-state index contributed by atoms with van der Waals surface area (Å²) in [5, 5.41) is 5.45. The number of H-pyrrole nitrogens is 1. The molecule has 0 aliphatic heterocycles. The van der Waals surface area contributed by atoms with E-state index >= 15 is 0 Å². The van der Waals surface area contributed by atoms with Crippen molar-refractivity contribution in [2.75, 3.05) is 0 Å². The lowest BCUT2D eigenvalue weighted by Crippen LogP contribution is -2.10. The predicted molar refractivity (Wildman–Crippen MR) is 140 cm³/mol. The highest BCUT2D eigenvalue weighted by Gasteiger charge is 2.14. The van der Waals surface area contributed by atoms with Gasteiger partial charge in [0.05, 0.1) is 16.8 Å². The summed E-state index contributed by atoms with van der Waals surface area (Å²) >= 11 is 0. The van der Waals surface area contributed by atoms with E-state index in [1.165, 1.54) is 0 Å². The molecule has 0 aliphatic rings. The molecule has 1 aromatic carbocycles. The lowest BCUT2D eigenvalue weighted by atomic mass is 10.0. The summed E-state index contributed by atoms with van der Waals surface area (Å²) in [6, 6.07) is 15.9. The molecule has 0 fully saturated rings. The van der Waals surface area contributed by atoms with Crippen LogP contribution in [0.1, 0.15) is 17.0 Å². The summed E-state index contributed by atoms with van der Waals surface area (Å²) < 4.78 is 3.66. The minimum atomic E-state index is 0.134. The Morgan fingerprint density at radius 3 is 2.62 bits per heavy atom. The van der Waals surface area contributed by atoms with Gasteiger partial charge in [-0.1, -0.05) is 24.3 Å². The topological polar surface area (TPSA) is 107 Å². The van der Waals surface area contributed by atoms with Gasteiger partial charge in [-0.25, -0.2) is 15.0 Å². The summed E-state index contributed by atoms with van der Waals surface area (Å²) in [5.74, 6) is 0.909. The highest BCUT2D eigenvalue weighted by Crippen LogP contribution is 2.27. The van der Waals surface area contributed by atoms with Gasteiger partial charge in [-0.05, 0) is 42.3 Å². The van der Waals surface area contributed by atoms with Gasteiger partial charge < -0.3 is 4.98 Å². The van der Waals surface area contributed by atoms with Crippen LogP contribution in [0.4, 0.5) is 0 Å². The van der Waals surface area contributed by atoms with E-state index in [1.54, 1.807) is 29.7 Å². The third-order valence-electron chi connectivity index (χ3n) is 6.34. The Morgan fingerprint density at radius 2 is 1.86 bits per heavy atom. The second-order valence-electron chi connectivity index (χ2n) is 9.04. The number of rotatable bonds is 7. The number of pyridine rings is 1. The fraction of sp³-hybridized carbons (Fsp3) is 0.143. The van der Waals surface area contributed by atoms with E-state index in [1.807, 2.05) is 73.3 Å². The molecule has 1 N–H and O–H groups in total. The van der Waals surface area contributed by atoms with Crippen molar-refractivity contribution in [3.05, 3.63) is 96.7 Å². The van der Waals surface area contributed by atoms with Gasteiger partial charge in [0.15, 0.2) is 5.82 Å². The first kappa shape index (κ1) is 22.5. The van der Waals surface area contributed by atoms with Crippen molar-refractivity contribution in [2.24, 2.45) is 7.05 Å². The van der Waals surface area contributed by atoms with Crippen LogP contribution in [-0.4, -0.2) is 45.1 Å². The number of hydrogen-bond donors (Lipinski definition) is 1. The largest absolute Gasteiger partial charge is 0.339 e. The molecule has 6 rings (SSSR count). The monoisotopic (exact) mass is 488 g/mol. The van der Waals surface area contributed by atoms with Gasteiger partial charge in [0.1, 0.15) is 24.1 Å². The molecule has 9 nitrogen and oxygen atoms in total. The van der Waals surface area contributed by atoms with E-state index in [9.17, 15) is 4.79 Å². The molecular formula is C28H24N8O. The molecule has 0 saturated heterocycles. The minimum absolute atomic E-state index is 0.134. The second-order valence-corrected chi connectivity index (χ2v) is 9.04. The van der Waals surface area contributed by atoms with Gasteiger partial charge in [-0.15, -0.1) is 0 Å². The minimum Gasteiger partial charge on any atom is -0.339 e. The predicted octanol–water partition coefficient (Wildman–Crippen LogP) is 4.27. The second kappa shape index (κ2) is 9.27. The average Bonchev–Trinajstić information content (AvgIpc) is 3.63. The Morgan fingerprint density at radius 1 is 1.00 bits per heavy atom. The molecule has 0 radical (unpaired) electrons. The third-order valence-corrected chi connectivity index (χ3v) is 6.34. The molecule has 0 atom stereocenters. The number of aryl methyl sites for hydroxylation is 2. The normalized spacial score (nSPS) is 11.3. The van der Waals surface area contributed by atoms with E-state index in [-0.39, 0.29) is 5.78 Å². The molecule has 0 spiro atoms. The number of carbonyl (C=O) groups excluding carboxylic acids is 1. The number of fused-ring (bicyclic) bond motifs is 1. The molecule has 6 aromatic rings. The Bertz CT molecular complexity index is 1710. The van der Waals surface area contributed by atoms with Crippen molar-refractivity contribution in [3.8, 4) is 28.3 Å². The molecular weight excluding hydrogens is 464 g/mol. The number of benzene rings is 1. The number of ketones is 1. The molecule has 0 unspecified atom stereocenters. The van der Waals surface area contributed by atoms with E-state index in [2.05, 4.69) is 30.0 Å². The number of nitrogens with one attached hydrogen (secondary N) is 1. The zero-order valence-corrected chi connectivity index (χ0v) is 20.5. The van der Waals surface area contributed by atoms with Crippen molar-refractivity contribution in [2.45, 2.75) is 19.8 Å². The van der Waals surface area contributed by atoms with E-state index in [0.29, 0.717) is 12.8 Å². The van der Waals surface area contributed by atoms with Crippen LogP contribution in [0, 0.1) is 6.92 Å². The van der Waals surface area contributed by atoms with E-state index in [4.69, 9.17) is 0 Å². The lowest BCUT2D eigenvalue weighted by Gasteiger charge is -2.04. The SMILES string of the molecule is Cc1cn(-c2ncnc3[nH]c(-c4ccc(CC(=O)Cc5cc(-c6cccnc6)nn5C)cc4)cc23)cn1. The highest BCUT2D eigenvalue weighted by atomic mass is 16.1. The first-order chi connectivity index (χ1) is 18.0. The fourth-order valence-electron chi connectivity index (χ4n) is 4.45. The van der Waals surface area contributed by atoms with Gasteiger partial charge in [-0.3, -0.25) is 19.0 Å². The van der Waals surface area contributed by atoms with Crippen molar-refractivity contribution in [3.63, 3.8) is 0 Å². The molecule has 0 bridgehead atoms. The van der Waals surface area contributed by atoms with Crippen LogP contribution in [0.3, 0.4) is 0 Å². The smallest absolute Gasteiger partial charge is 0.150 e. The first-order valence-corrected chi connectivity index (χ1v) is 11.9. The maximum absolute atomic E-state index is 12.8. The van der Waals surface area contributed by atoms with Crippen LogP contribution in [0.25, 0.3) is 39.4 Å². The number of carbonyl (C=O) groups is 1. The standard InChI is InChI=1S/C28H24N8O/c1-18-15-36(17-32-18)28-24-13-25(33-27(24)30-16-31-28)20-7-5-19(6-8-20)10-23(37)11-22-12-26(34-35(22)2)21-4-3-9-29-14-21/h3-9,12-17H,10-11H2,1-2H3,(H,30,31,33). The summed E-state index contributed by atoms with van der Waals surface area (Å²) in [6.45, 7) is 1.94. The molecule has 0 aliphatic carbocycles. The zero-order valence-electron chi connectivity index (χ0n) is 20.5. The maximum Gasteiger partial charge on any atom is 0.150 e. The maximum atomic E-state index is 12.8. The lowest BCUT2D eigenvalue weighted by molar-refractivity contribution is -0.117. The summed E-state index contributed by atoms with van der Waals surface area (Å²) in [4.78, 5) is 33.5. The van der Waals surface area contributed by atoms with Crippen LogP contribution in [0.2, 0.25) is 0 Å². The molecule has 9 heteroatoms. The van der Waals surface area contributed by atoms with Gasteiger partial charge >= 0.3 is 0 Å². The Balaban J connectivity index is 1.17. The number of hydrogen-bond acceptors (Lipinski definition) is 6. The summed E-state index contributed by atoms with van der Waals surface area (Å²) in [5.41, 5.74) is 7.22. The summed E-state index contributed by atoms with van der Waals surface area (Å²) in [6.07, 6.45) is 9.41. The Hall–Kier alpha value is -4.92. The number of aromatic nitrogens is 8. The quantitative estimate of drug-likeness (QED) is 0.360. The highest BCUT2D eigenvalue weighted by molar-refractivity contribution is 5.88. The van der Waals surface area contributed by atoms with E-state index < -0.39 is 0 Å². The molecule has 5 aromatic heterocycles. The fourth-order valence-corrected chi connectivity index (χ4v) is 4.45. The molecule has 5 heterocycles. The van der Waals surface area contributed by atoms with Gasteiger partial charge in [0.25, 0.3) is 0 Å². The molecule has 182 valence electrons. The number of nitrogens with zero attached hydrogens (tertiary/aromatic N) is 7. The van der Waals surface area contributed by atoms with Crippen molar-refractivity contribution in [1.82, 2.24) is 39.3 Å². The van der Waals surface area contributed by atoms with Crippen LogP contribution in [-0.2, 0) is 24.7 Å². The van der Waals surface area contributed by atoms with Crippen molar-refractivity contribution in [1.29, 1.82) is 0 Å². The van der Waals surface area contributed by atoms with Crippen LogP contribution in [0.15, 0.2) is 79.8 Å². The van der Waals surface area contributed by atoms with Gasteiger partial charge in [0.2, 0.25) is 0 Å². The van der Waals surface area contributed by atoms with Crippen molar-refractivity contribution < 1.29 is 4.79 Å². The Kier molecular flexibility index (Phi) is 5.65. The molecule has 0 saturated carbocycles. The molecule has 37 heavy (non-hydrogen) atoms. The number of Topliss-reactive ketones (excluding diaryl/α,β-unsaturated/α-hetero) is 1. The van der Waals surface area contributed by atoms with Crippen LogP contribution in [0.5, 0.6) is 0 Å². The Labute approximate surface area is 212 Å². The van der Waals surface area contributed by atoms with Gasteiger partial charge in [-0.2, -0.15) is 5.10 Å². The zero-order chi connectivity index (χ0) is 25.4. The molecule has 0 amide bonds. The third kappa shape index (κ3) is 4.54. The first-order valence-electron chi connectivity index (χ1n) is 11.9.